The number of halogens is 4. The number of aliphatic imine (C=N–C) groups is 1. The molecule has 0 radical (unpaired) electrons. The average Bonchev–Trinajstić information content (AvgIpc) is 3.07. The monoisotopic (exact) mass is 514 g/mol. The van der Waals surface area contributed by atoms with Gasteiger partial charge in [0.1, 0.15) is 10.8 Å². The number of aromatic nitrogens is 1. The zero-order valence-electron chi connectivity index (χ0n) is 15.2. The molecule has 2 N–H and O–H groups in total. The lowest BCUT2D eigenvalue weighted by molar-refractivity contribution is -0.140. The summed E-state index contributed by atoms with van der Waals surface area (Å²) in [6.07, 6.45) is -4.42. The molecule has 0 unspecified atom stereocenters. The van der Waals surface area contributed by atoms with Crippen LogP contribution < -0.4 is 15.4 Å². The van der Waals surface area contributed by atoms with E-state index in [0.717, 1.165) is 33.6 Å². The molecule has 0 amide bonds. The number of benzene rings is 1. The minimum Gasteiger partial charge on any atom is -0.496 e. The van der Waals surface area contributed by atoms with Crippen molar-refractivity contribution in [2.45, 2.75) is 33.1 Å². The van der Waals surface area contributed by atoms with E-state index < -0.39 is 11.9 Å². The van der Waals surface area contributed by atoms with E-state index in [9.17, 15) is 13.2 Å². The van der Waals surface area contributed by atoms with Gasteiger partial charge in [-0.15, -0.1) is 35.3 Å². The minimum absolute atomic E-state index is 0. The molecule has 1 aromatic heterocycles. The van der Waals surface area contributed by atoms with E-state index >= 15 is 0 Å². The molecule has 0 aliphatic heterocycles. The van der Waals surface area contributed by atoms with E-state index in [4.69, 9.17) is 4.74 Å². The van der Waals surface area contributed by atoms with Crippen LogP contribution in [0.2, 0.25) is 0 Å². The summed E-state index contributed by atoms with van der Waals surface area (Å²) in [5.41, 5.74) is 1.16. The summed E-state index contributed by atoms with van der Waals surface area (Å²) in [5, 5.41) is 7.44. The van der Waals surface area contributed by atoms with Gasteiger partial charge in [-0.1, -0.05) is 12.1 Å². The van der Waals surface area contributed by atoms with Crippen molar-refractivity contribution in [3.05, 3.63) is 45.4 Å². The van der Waals surface area contributed by atoms with Crippen molar-refractivity contribution in [3.63, 3.8) is 0 Å². The summed E-state index contributed by atoms with van der Waals surface area (Å²) in [7, 11) is 1.62. The van der Waals surface area contributed by atoms with E-state index in [1.165, 1.54) is 0 Å². The SMILES string of the molecule is CCNC(=NCc1ccc(OC)c(C)c1)NCc1nc(C(F)(F)F)cs1.I. The van der Waals surface area contributed by atoms with E-state index in [1.807, 2.05) is 32.0 Å². The summed E-state index contributed by atoms with van der Waals surface area (Å²) in [4.78, 5) is 8.06. The lowest BCUT2D eigenvalue weighted by atomic mass is 10.1. The third-order valence-corrected chi connectivity index (χ3v) is 4.32. The van der Waals surface area contributed by atoms with Crippen molar-refractivity contribution in [2.75, 3.05) is 13.7 Å². The van der Waals surface area contributed by atoms with Crippen molar-refractivity contribution in [3.8, 4) is 5.75 Å². The average molecular weight is 514 g/mol. The Morgan fingerprint density at radius 3 is 2.59 bits per heavy atom. The summed E-state index contributed by atoms with van der Waals surface area (Å²) in [6, 6.07) is 5.80. The molecular formula is C17H22F3IN4OS. The van der Waals surface area contributed by atoms with E-state index in [1.54, 1.807) is 7.11 Å². The van der Waals surface area contributed by atoms with Crippen molar-refractivity contribution in [1.82, 2.24) is 15.6 Å². The lowest BCUT2D eigenvalue weighted by Crippen LogP contribution is -2.36. The summed E-state index contributed by atoms with van der Waals surface area (Å²) in [5.74, 6) is 1.33. The highest BCUT2D eigenvalue weighted by atomic mass is 127. The highest BCUT2D eigenvalue weighted by molar-refractivity contribution is 14.0. The smallest absolute Gasteiger partial charge is 0.434 e. The van der Waals surface area contributed by atoms with Gasteiger partial charge in [0.05, 0.1) is 20.2 Å². The normalized spacial score (nSPS) is 11.7. The second-order valence-electron chi connectivity index (χ2n) is 5.48. The van der Waals surface area contributed by atoms with Gasteiger partial charge in [0.15, 0.2) is 11.7 Å². The highest BCUT2D eigenvalue weighted by Gasteiger charge is 2.33. The largest absolute Gasteiger partial charge is 0.496 e. The Balaban J connectivity index is 0.00000364. The fourth-order valence-electron chi connectivity index (χ4n) is 2.23. The zero-order chi connectivity index (χ0) is 19.2. The maximum atomic E-state index is 12.6. The minimum atomic E-state index is -4.42. The summed E-state index contributed by atoms with van der Waals surface area (Å²) >= 11 is 0.967. The van der Waals surface area contributed by atoms with Crippen molar-refractivity contribution in [1.29, 1.82) is 0 Å². The number of thiazole rings is 1. The molecule has 0 saturated heterocycles. The molecule has 0 aliphatic carbocycles. The third kappa shape index (κ3) is 7.17. The molecule has 0 atom stereocenters. The van der Waals surface area contributed by atoms with Crippen LogP contribution in [0, 0.1) is 6.92 Å². The number of guanidine groups is 1. The van der Waals surface area contributed by atoms with E-state index in [-0.39, 0.29) is 30.5 Å². The number of nitrogens with zero attached hydrogens (tertiary/aromatic N) is 2. The van der Waals surface area contributed by atoms with Crippen LogP contribution in [0.1, 0.15) is 28.8 Å². The molecule has 0 bridgehead atoms. The topological polar surface area (TPSA) is 58.5 Å². The number of ether oxygens (including phenoxy) is 1. The van der Waals surface area contributed by atoms with Crippen LogP contribution in [-0.2, 0) is 19.3 Å². The Morgan fingerprint density at radius 2 is 2.04 bits per heavy atom. The molecule has 150 valence electrons. The molecular weight excluding hydrogens is 492 g/mol. The van der Waals surface area contributed by atoms with Crippen molar-refractivity contribution in [2.24, 2.45) is 4.99 Å². The van der Waals surface area contributed by atoms with Gasteiger partial charge in [-0.25, -0.2) is 9.98 Å². The molecule has 27 heavy (non-hydrogen) atoms. The Kier molecular flexibility index (Phi) is 9.30. The number of aryl methyl sites for hydroxylation is 1. The quantitative estimate of drug-likeness (QED) is 0.342. The number of rotatable bonds is 6. The third-order valence-electron chi connectivity index (χ3n) is 3.47. The van der Waals surface area contributed by atoms with Crippen LogP contribution in [0.25, 0.3) is 0 Å². The Labute approximate surface area is 177 Å². The van der Waals surface area contributed by atoms with E-state index in [0.29, 0.717) is 24.1 Å². The Morgan fingerprint density at radius 1 is 1.30 bits per heavy atom. The van der Waals surface area contributed by atoms with Gasteiger partial charge in [0.2, 0.25) is 0 Å². The molecule has 5 nitrogen and oxygen atoms in total. The van der Waals surface area contributed by atoms with Crippen molar-refractivity contribution < 1.29 is 17.9 Å². The van der Waals surface area contributed by atoms with E-state index in [2.05, 4.69) is 20.6 Å². The predicted octanol–water partition coefficient (Wildman–Crippen LogP) is 4.35. The van der Waals surface area contributed by atoms with Gasteiger partial charge in [0, 0.05) is 11.9 Å². The maximum Gasteiger partial charge on any atom is 0.434 e. The lowest BCUT2D eigenvalue weighted by Gasteiger charge is -2.11. The Bertz CT molecular complexity index is 765. The molecule has 2 aromatic rings. The fourth-order valence-corrected chi connectivity index (χ4v) is 2.97. The summed E-state index contributed by atoms with van der Waals surface area (Å²) in [6.45, 7) is 5.12. The molecule has 10 heteroatoms. The van der Waals surface area contributed by atoms with Gasteiger partial charge in [-0.2, -0.15) is 13.2 Å². The maximum absolute atomic E-state index is 12.6. The number of hydrogen-bond acceptors (Lipinski definition) is 4. The first-order chi connectivity index (χ1) is 12.3. The number of methoxy groups -OCH3 is 1. The van der Waals surface area contributed by atoms with Crippen LogP contribution in [0.5, 0.6) is 5.75 Å². The second-order valence-corrected chi connectivity index (χ2v) is 6.42. The van der Waals surface area contributed by atoms with Crippen LogP contribution in [-0.4, -0.2) is 24.6 Å². The molecule has 0 spiro atoms. The molecule has 1 aromatic carbocycles. The second kappa shape index (κ2) is 10.7. The molecule has 0 aliphatic rings. The fraction of sp³-hybridized carbons (Fsp3) is 0.412. The van der Waals surface area contributed by atoms with Crippen LogP contribution in [0.4, 0.5) is 13.2 Å². The van der Waals surface area contributed by atoms with Crippen molar-refractivity contribution >= 4 is 41.3 Å². The van der Waals surface area contributed by atoms with Gasteiger partial charge >= 0.3 is 6.18 Å². The van der Waals surface area contributed by atoms with Gasteiger partial charge in [-0.3, -0.25) is 0 Å². The van der Waals surface area contributed by atoms with Crippen LogP contribution in [0.15, 0.2) is 28.6 Å². The molecule has 0 fully saturated rings. The first-order valence-electron chi connectivity index (χ1n) is 8.00. The zero-order valence-corrected chi connectivity index (χ0v) is 18.3. The number of hydrogen-bond donors (Lipinski definition) is 2. The summed E-state index contributed by atoms with van der Waals surface area (Å²) < 4.78 is 43.0. The van der Waals surface area contributed by atoms with Gasteiger partial charge < -0.3 is 15.4 Å². The van der Waals surface area contributed by atoms with Gasteiger partial charge in [-0.05, 0) is 31.0 Å². The van der Waals surface area contributed by atoms with Gasteiger partial charge in [0.25, 0.3) is 0 Å². The molecule has 1 heterocycles. The number of nitrogens with one attached hydrogen (secondary N) is 2. The number of alkyl halides is 3. The van der Waals surface area contributed by atoms with Crippen LogP contribution in [0.3, 0.4) is 0 Å². The van der Waals surface area contributed by atoms with Crippen LogP contribution >= 0.6 is 35.3 Å². The first kappa shape index (κ1) is 23.5. The standard InChI is InChI=1S/C17H21F3N4OS.HI/c1-4-21-16(22-8-12-5-6-13(25-3)11(2)7-12)23-9-15-24-14(10-26-15)17(18,19)20;/h5-7,10H,4,8-9H2,1-3H3,(H2,21,22,23);1H. The highest BCUT2D eigenvalue weighted by Crippen LogP contribution is 2.29. The predicted molar refractivity (Wildman–Crippen MR) is 112 cm³/mol. The first-order valence-corrected chi connectivity index (χ1v) is 8.88. The molecule has 2 rings (SSSR count). The molecule has 0 saturated carbocycles. The Hall–Kier alpha value is -1.56.